The molecule has 0 spiro atoms. The van der Waals surface area contributed by atoms with Crippen molar-refractivity contribution in [1.82, 2.24) is 4.98 Å². The summed E-state index contributed by atoms with van der Waals surface area (Å²) in [6.07, 6.45) is 4.97. The fourth-order valence-corrected chi connectivity index (χ4v) is 4.59. The van der Waals surface area contributed by atoms with Crippen molar-refractivity contribution in [3.8, 4) is 0 Å². The van der Waals surface area contributed by atoms with Crippen molar-refractivity contribution < 1.29 is 8.42 Å². The SMILES string of the molecule is CN1CCN(S(=O)(=O)CC2CCC2)c2cccnc21. The minimum absolute atomic E-state index is 0.283. The second kappa shape index (κ2) is 4.67. The van der Waals surface area contributed by atoms with Gasteiger partial charge in [-0.15, -0.1) is 0 Å². The first kappa shape index (κ1) is 12.7. The van der Waals surface area contributed by atoms with Crippen molar-refractivity contribution in [1.29, 1.82) is 0 Å². The average Bonchev–Trinajstić information content (AvgIpc) is 2.35. The molecule has 104 valence electrons. The summed E-state index contributed by atoms with van der Waals surface area (Å²) in [6, 6.07) is 3.64. The van der Waals surface area contributed by atoms with Crippen LogP contribution >= 0.6 is 0 Å². The van der Waals surface area contributed by atoms with Crippen molar-refractivity contribution in [2.24, 2.45) is 5.92 Å². The lowest BCUT2D eigenvalue weighted by Crippen LogP contribution is -2.45. The fraction of sp³-hybridized carbons (Fsp3) is 0.615. The lowest BCUT2D eigenvalue weighted by Gasteiger charge is -2.36. The summed E-state index contributed by atoms with van der Waals surface area (Å²) in [7, 11) is -1.27. The van der Waals surface area contributed by atoms with Crippen LogP contribution in [0.2, 0.25) is 0 Å². The Balaban J connectivity index is 1.91. The highest BCUT2D eigenvalue weighted by Gasteiger charge is 2.33. The Hall–Kier alpha value is -1.30. The smallest absolute Gasteiger partial charge is 0.235 e. The average molecular weight is 281 g/mol. The van der Waals surface area contributed by atoms with E-state index in [1.54, 1.807) is 16.6 Å². The van der Waals surface area contributed by atoms with E-state index in [-0.39, 0.29) is 5.75 Å². The Morgan fingerprint density at radius 2 is 2.16 bits per heavy atom. The first-order chi connectivity index (χ1) is 9.08. The Morgan fingerprint density at radius 3 is 2.84 bits per heavy atom. The zero-order chi connectivity index (χ0) is 13.5. The van der Waals surface area contributed by atoms with Gasteiger partial charge in [0.25, 0.3) is 0 Å². The van der Waals surface area contributed by atoms with Crippen molar-refractivity contribution in [3.63, 3.8) is 0 Å². The van der Waals surface area contributed by atoms with Gasteiger partial charge in [0, 0.05) is 19.8 Å². The number of hydrogen-bond acceptors (Lipinski definition) is 4. The number of sulfonamides is 1. The first-order valence-corrected chi connectivity index (χ1v) is 8.35. The monoisotopic (exact) mass is 281 g/mol. The van der Waals surface area contributed by atoms with Crippen LogP contribution in [0.4, 0.5) is 11.5 Å². The van der Waals surface area contributed by atoms with Crippen LogP contribution < -0.4 is 9.21 Å². The standard InChI is InChI=1S/C13H19N3O2S/c1-15-8-9-16(12-6-3-7-14-13(12)15)19(17,18)10-11-4-2-5-11/h3,6-7,11H,2,4-5,8-10H2,1H3. The number of rotatable bonds is 3. The van der Waals surface area contributed by atoms with E-state index in [1.165, 1.54) is 6.42 Å². The molecule has 6 heteroatoms. The third-order valence-corrected chi connectivity index (χ3v) is 5.99. The van der Waals surface area contributed by atoms with E-state index in [4.69, 9.17) is 0 Å². The fourth-order valence-electron chi connectivity index (χ4n) is 2.68. The van der Waals surface area contributed by atoms with Crippen LogP contribution in [0.3, 0.4) is 0 Å². The zero-order valence-corrected chi connectivity index (χ0v) is 11.9. The predicted octanol–water partition coefficient (Wildman–Crippen LogP) is 1.47. The molecule has 1 fully saturated rings. The highest BCUT2D eigenvalue weighted by atomic mass is 32.2. The number of likely N-dealkylation sites (N-methyl/N-ethyl adjacent to an activating group) is 1. The molecule has 0 amide bonds. The Kier molecular flexibility index (Phi) is 3.12. The van der Waals surface area contributed by atoms with Crippen LogP contribution in [-0.4, -0.2) is 39.3 Å². The second-order valence-corrected chi connectivity index (χ2v) is 7.35. The molecule has 2 aliphatic rings. The molecule has 1 saturated carbocycles. The number of nitrogens with zero attached hydrogens (tertiary/aromatic N) is 3. The van der Waals surface area contributed by atoms with E-state index >= 15 is 0 Å². The van der Waals surface area contributed by atoms with Crippen LogP contribution in [0.25, 0.3) is 0 Å². The van der Waals surface area contributed by atoms with E-state index < -0.39 is 10.0 Å². The van der Waals surface area contributed by atoms with Crippen molar-refractivity contribution in [3.05, 3.63) is 18.3 Å². The van der Waals surface area contributed by atoms with E-state index in [9.17, 15) is 8.42 Å². The molecule has 0 saturated heterocycles. The first-order valence-electron chi connectivity index (χ1n) is 6.74. The second-order valence-electron chi connectivity index (χ2n) is 5.42. The lowest BCUT2D eigenvalue weighted by atomic mass is 9.87. The van der Waals surface area contributed by atoms with Gasteiger partial charge in [-0.05, 0) is 30.9 Å². The molecule has 0 radical (unpaired) electrons. The van der Waals surface area contributed by atoms with E-state index in [1.807, 2.05) is 18.0 Å². The lowest BCUT2D eigenvalue weighted by molar-refractivity contribution is 0.347. The van der Waals surface area contributed by atoms with Gasteiger partial charge in [-0.3, -0.25) is 4.31 Å². The number of hydrogen-bond donors (Lipinski definition) is 0. The molecule has 0 unspecified atom stereocenters. The summed E-state index contributed by atoms with van der Waals surface area (Å²) in [6.45, 7) is 1.21. The number of fused-ring (bicyclic) bond motifs is 1. The maximum absolute atomic E-state index is 12.5. The normalized spacial score (nSPS) is 20.1. The minimum Gasteiger partial charge on any atom is -0.356 e. The summed E-state index contributed by atoms with van der Waals surface area (Å²) in [4.78, 5) is 6.30. The summed E-state index contributed by atoms with van der Waals surface area (Å²) >= 11 is 0. The number of anilines is 2. The largest absolute Gasteiger partial charge is 0.356 e. The van der Waals surface area contributed by atoms with Gasteiger partial charge in [0.05, 0.1) is 18.0 Å². The molecule has 1 aromatic rings. The van der Waals surface area contributed by atoms with Gasteiger partial charge in [0.1, 0.15) is 0 Å². The summed E-state index contributed by atoms with van der Waals surface area (Å²) in [5.74, 6) is 1.39. The maximum atomic E-state index is 12.5. The van der Waals surface area contributed by atoms with E-state index in [0.29, 0.717) is 19.0 Å². The van der Waals surface area contributed by atoms with Gasteiger partial charge in [-0.2, -0.15) is 0 Å². The molecule has 3 rings (SSSR count). The van der Waals surface area contributed by atoms with Crippen LogP contribution in [0, 0.1) is 5.92 Å². The van der Waals surface area contributed by atoms with Crippen LogP contribution in [0.5, 0.6) is 0 Å². The quantitative estimate of drug-likeness (QED) is 0.842. The summed E-state index contributed by atoms with van der Waals surface area (Å²) in [5.41, 5.74) is 0.718. The third-order valence-electron chi connectivity index (χ3n) is 4.04. The molecule has 5 nitrogen and oxygen atoms in total. The minimum atomic E-state index is -3.21. The molecule has 1 aliphatic carbocycles. The number of aromatic nitrogens is 1. The molecule has 0 atom stereocenters. The third kappa shape index (κ3) is 2.29. The molecular weight excluding hydrogens is 262 g/mol. The van der Waals surface area contributed by atoms with E-state index in [2.05, 4.69) is 4.98 Å². The number of pyridine rings is 1. The topological polar surface area (TPSA) is 53.5 Å². The van der Waals surface area contributed by atoms with Gasteiger partial charge in [0.15, 0.2) is 5.82 Å². The highest BCUT2D eigenvalue weighted by molar-refractivity contribution is 7.92. The predicted molar refractivity (Wildman–Crippen MR) is 76.0 cm³/mol. The Labute approximate surface area is 114 Å². The van der Waals surface area contributed by atoms with Crippen LogP contribution in [-0.2, 0) is 10.0 Å². The van der Waals surface area contributed by atoms with Crippen LogP contribution in [0.1, 0.15) is 19.3 Å². The maximum Gasteiger partial charge on any atom is 0.235 e. The van der Waals surface area contributed by atoms with E-state index in [0.717, 1.165) is 24.3 Å². The Morgan fingerprint density at radius 1 is 1.37 bits per heavy atom. The van der Waals surface area contributed by atoms with Crippen molar-refractivity contribution >= 4 is 21.5 Å². The zero-order valence-electron chi connectivity index (χ0n) is 11.1. The summed E-state index contributed by atoms with van der Waals surface area (Å²) < 4.78 is 26.6. The van der Waals surface area contributed by atoms with Gasteiger partial charge in [-0.1, -0.05) is 6.42 Å². The summed E-state index contributed by atoms with van der Waals surface area (Å²) in [5, 5.41) is 0. The van der Waals surface area contributed by atoms with Crippen LogP contribution in [0.15, 0.2) is 18.3 Å². The Bertz CT molecular complexity index is 569. The van der Waals surface area contributed by atoms with Crippen molar-refractivity contribution in [2.75, 3.05) is 35.1 Å². The van der Waals surface area contributed by atoms with Gasteiger partial charge in [0.2, 0.25) is 10.0 Å². The van der Waals surface area contributed by atoms with Gasteiger partial charge >= 0.3 is 0 Å². The van der Waals surface area contributed by atoms with Crippen molar-refractivity contribution in [2.45, 2.75) is 19.3 Å². The molecule has 19 heavy (non-hydrogen) atoms. The molecule has 1 aliphatic heterocycles. The molecular formula is C13H19N3O2S. The highest BCUT2D eigenvalue weighted by Crippen LogP contribution is 2.34. The molecule has 1 aromatic heterocycles. The molecule has 0 bridgehead atoms. The molecule has 2 heterocycles. The van der Waals surface area contributed by atoms with Gasteiger partial charge < -0.3 is 4.90 Å². The van der Waals surface area contributed by atoms with Gasteiger partial charge in [-0.25, -0.2) is 13.4 Å². The molecule has 0 aromatic carbocycles. The molecule has 0 N–H and O–H groups in total.